The summed E-state index contributed by atoms with van der Waals surface area (Å²) < 4.78 is 16.2. The molecule has 0 saturated carbocycles. The zero-order valence-electron chi connectivity index (χ0n) is 16.3. The van der Waals surface area contributed by atoms with E-state index in [2.05, 4.69) is 5.32 Å². The second-order valence-corrected chi connectivity index (χ2v) is 6.87. The van der Waals surface area contributed by atoms with Gasteiger partial charge in [-0.15, -0.1) is 0 Å². The maximum absolute atomic E-state index is 14.6. The molecule has 1 aromatic heterocycles. The van der Waals surface area contributed by atoms with Gasteiger partial charge in [0.05, 0.1) is 16.0 Å². The third-order valence-electron chi connectivity index (χ3n) is 5.02. The lowest BCUT2D eigenvalue weighted by Crippen LogP contribution is -2.21. The molecule has 0 aliphatic carbocycles. The van der Waals surface area contributed by atoms with Crippen molar-refractivity contribution in [2.75, 3.05) is 5.32 Å². The van der Waals surface area contributed by atoms with E-state index in [1.54, 1.807) is 41.9 Å². The van der Waals surface area contributed by atoms with E-state index in [1.807, 2.05) is 0 Å². The Morgan fingerprint density at radius 1 is 1.00 bits per heavy atom. The Kier molecular flexibility index (Phi) is 5.04. The summed E-state index contributed by atoms with van der Waals surface area (Å²) >= 11 is 0. The number of nitro groups is 1. The number of fused-ring (bicyclic) bond motifs is 1. The molecule has 31 heavy (non-hydrogen) atoms. The lowest BCUT2D eigenvalue weighted by molar-refractivity contribution is -0.384. The van der Waals surface area contributed by atoms with E-state index in [0.717, 1.165) is 0 Å². The molecule has 4 aromatic rings. The van der Waals surface area contributed by atoms with Gasteiger partial charge in [0.2, 0.25) is 0 Å². The van der Waals surface area contributed by atoms with Crippen molar-refractivity contribution in [2.45, 2.75) is 0 Å². The average Bonchev–Trinajstić information content (AvgIpc) is 2.78. The maximum Gasteiger partial charge on any atom is 0.269 e. The number of benzene rings is 3. The number of carbonyl (C=O) groups excluding carboxylic acids is 1. The topological polar surface area (TPSA) is 94.2 Å². The summed E-state index contributed by atoms with van der Waals surface area (Å²) in [6.07, 6.45) is 0. The van der Waals surface area contributed by atoms with Crippen molar-refractivity contribution >= 4 is 28.3 Å². The Hall–Kier alpha value is -4.33. The summed E-state index contributed by atoms with van der Waals surface area (Å²) in [6.45, 7) is 0. The molecule has 1 N–H and O–H groups in total. The first kappa shape index (κ1) is 20.0. The second kappa shape index (κ2) is 7.83. The molecule has 0 bridgehead atoms. The monoisotopic (exact) mass is 417 g/mol. The molecule has 1 heterocycles. The molecule has 4 rings (SSSR count). The van der Waals surface area contributed by atoms with E-state index in [0.29, 0.717) is 10.9 Å². The number of nitrogens with one attached hydrogen (secondary N) is 1. The molecule has 8 heteroatoms. The van der Waals surface area contributed by atoms with Gasteiger partial charge < -0.3 is 9.88 Å². The number of nitrogens with zero attached hydrogens (tertiary/aromatic N) is 2. The molecule has 0 saturated heterocycles. The minimum Gasteiger partial charge on any atom is -0.330 e. The highest BCUT2D eigenvalue weighted by Crippen LogP contribution is 2.30. The third-order valence-corrected chi connectivity index (χ3v) is 5.02. The van der Waals surface area contributed by atoms with Gasteiger partial charge in [-0.05, 0) is 30.3 Å². The standard InChI is InChI=1S/C23H16FN3O4/c1-26-19-9-5-3-7-17(19)21(28)20(16-6-2-4-8-18(16)24)22(26)25-23(29)14-10-12-15(13-11-14)27(30)31/h2-13H,1H3,(H,25,29). The fraction of sp³-hybridized carbons (Fsp3) is 0.0435. The minimum atomic E-state index is -0.597. The molecule has 3 aromatic carbocycles. The van der Waals surface area contributed by atoms with Crippen LogP contribution in [0.3, 0.4) is 0 Å². The van der Waals surface area contributed by atoms with E-state index < -0.39 is 22.1 Å². The first-order valence-corrected chi connectivity index (χ1v) is 9.31. The van der Waals surface area contributed by atoms with Crippen LogP contribution in [0.5, 0.6) is 0 Å². The van der Waals surface area contributed by atoms with E-state index in [1.165, 1.54) is 42.5 Å². The Balaban J connectivity index is 1.90. The van der Waals surface area contributed by atoms with Crippen molar-refractivity contribution < 1.29 is 14.1 Å². The SMILES string of the molecule is Cn1c(NC(=O)c2ccc([N+](=O)[O-])cc2)c(-c2ccccc2F)c(=O)c2ccccc21. The zero-order chi connectivity index (χ0) is 22.1. The van der Waals surface area contributed by atoms with E-state index >= 15 is 0 Å². The van der Waals surface area contributed by atoms with Crippen molar-refractivity contribution in [3.63, 3.8) is 0 Å². The van der Waals surface area contributed by atoms with Gasteiger partial charge in [-0.2, -0.15) is 0 Å². The highest BCUT2D eigenvalue weighted by molar-refractivity contribution is 6.07. The first-order valence-electron chi connectivity index (χ1n) is 9.31. The maximum atomic E-state index is 14.6. The van der Waals surface area contributed by atoms with Gasteiger partial charge in [0.1, 0.15) is 11.6 Å². The number of aromatic nitrogens is 1. The minimum absolute atomic E-state index is 0.0227. The highest BCUT2D eigenvalue weighted by Gasteiger charge is 2.21. The summed E-state index contributed by atoms with van der Waals surface area (Å²) in [5.41, 5.74) is 0.235. The number of amides is 1. The average molecular weight is 417 g/mol. The molecule has 0 atom stereocenters. The van der Waals surface area contributed by atoms with Gasteiger partial charge in [0.25, 0.3) is 11.6 Å². The summed E-state index contributed by atoms with van der Waals surface area (Å²) in [5, 5.41) is 13.9. The number of non-ortho nitro benzene ring substituents is 1. The molecular weight excluding hydrogens is 401 g/mol. The number of aryl methyl sites for hydroxylation is 1. The largest absolute Gasteiger partial charge is 0.330 e. The fourth-order valence-corrected chi connectivity index (χ4v) is 3.46. The zero-order valence-corrected chi connectivity index (χ0v) is 16.3. The molecule has 0 aliphatic rings. The summed E-state index contributed by atoms with van der Waals surface area (Å²) in [6, 6.07) is 17.7. The van der Waals surface area contributed by atoms with Crippen LogP contribution >= 0.6 is 0 Å². The predicted molar refractivity (Wildman–Crippen MR) is 116 cm³/mol. The van der Waals surface area contributed by atoms with Crippen LogP contribution in [0.15, 0.2) is 77.6 Å². The predicted octanol–water partition coefficient (Wildman–Crippen LogP) is 4.51. The van der Waals surface area contributed by atoms with Crippen LogP contribution in [0.2, 0.25) is 0 Å². The van der Waals surface area contributed by atoms with E-state index in [9.17, 15) is 24.1 Å². The van der Waals surface area contributed by atoms with Gasteiger partial charge in [0.15, 0.2) is 5.43 Å². The molecule has 0 radical (unpaired) electrons. The quantitative estimate of drug-likeness (QED) is 0.391. The molecule has 0 fully saturated rings. The number of hydrogen-bond acceptors (Lipinski definition) is 4. The number of carbonyl (C=O) groups is 1. The smallest absolute Gasteiger partial charge is 0.269 e. The Morgan fingerprint density at radius 2 is 1.65 bits per heavy atom. The number of anilines is 1. The molecular formula is C23H16FN3O4. The van der Waals surface area contributed by atoms with Gasteiger partial charge in [0, 0.05) is 35.7 Å². The van der Waals surface area contributed by atoms with Crippen molar-refractivity contribution in [3.05, 3.63) is 105 Å². The molecule has 154 valence electrons. The van der Waals surface area contributed by atoms with Crippen LogP contribution in [0.25, 0.3) is 22.0 Å². The van der Waals surface area contributed by atoms with Gasteiger partial charge in [-0.25, -0.2) is 4.39 Å². The summed E-state index contributed by atoms with van der Waals surface area (Å²) in [7, 11) is 1.66. The number of para-hydroxylation sites is 1. The van der Waals surface area contributed by atoms with Crippen molar-refractivity contribution in [3.8, 4) is 11.1 Å². The van der Waals surface area contributed by atoms with Crippen LogP contribution in [0.1, 0.15) is 10.4 Å². The molecule has 0 spiro atoms. The molecule has 7 nitrogen and oxygen atoms in total. The van der Waals surface area contributed by atoms with Crippen LogP contribution in [-0.4, -0.2) is 15.4 Å². The lowest BCUT2D eigenvalue weighted by Gasteiger charge is -2.18. The van der Waals surface area contributed by atoms with Crippen LogP contribution in [0.4, 0.5) is 15.9 Å². The van der Waals surface area contributed by atoms with Gasteiger partial charge >= 0.3 is 0 Å². The van der Waals surface area contributed by atoms with Crippen LogP contribution < -0.4 is 10.7 Å². The normalized spacial score (nSPS) is 10.8. The highest BCUT2D eigenvalue weighted by atomic mass is 19.1. The summed E-state index contributed by atoms with van der Waals surface area (Å²) in [5.74, 6) is -1.06. The Bertz CT molecular complexity index is 1390. The second-order valence-electron chi connectivity index (χ2n) is 6.87. The van der Waals surface area contributed by atoms with E-state index in [4.69, 9.17) is 0 Å². The molecule has 0 aliphatic heterocycles. The van der Waals surface area contributed by atoms with E-state index in [-0.39, 0.29) is 28.2 Å². The third kappa shape index (κ3) is 3.55. The fourth-order valence-electron chi connectivity index (χ4n) is 3.46. The van der Waals surface area contributed by atoms with Crippen LogP contribution in [0, 0.1) is 15.9 Å². The Labute approximate surface area is 175 Å². The van der Waals surface area contributed by atoms with Crippen molar-refractivity contribution in [2.24, 2.45) is 7.05 Å². The van der Waals surface area contributed by atoms with Crippen molar-refractivity contribution in [1.29, 1.82) is 0 Å². The van der Waals surface area contributed by atoms with Gasteiger partial charge in [-0.1, -0.05) is 30.3 Å². The molecule has 0 unspecified atom stereocenters. The summed E-state index contributed by atoms with van der Waals surface area (Å²) in [4.78, 5) is 36.4. The first-order chi connectivity index (χ1) is 14.9. The van der Waals surface area contributed by atoms with Gasteiger partial charge in [-0.3, -0.25) is 19.7 Å². The van der Waals surface area contributed by atoms with Crippen LogP contribution in [-0.2, 0) is 7.05 Å². The number of halogens is 1. The number of hydrogen-bond donors (Lipinski definition) is 1. The van der Waals surface area contributed by atoms with Crippen molar-refractivity contribution in [1.82, 2.24) is 4.57 Å². The Morgan fingerprint density at radius 3 is 2.32 bits per heavy atom. The number of rotatable bonds is 4. The number of nitro benzene ring substituents is 1. The molecule has 1 amide bonds. The number of pyridine rings is 1. The lowest BCUT2D eigenvalue weighted by atomic mass is 10.0.